The number of aliphatic carboxylic acids is 1. The minimum atomic E-state index is -1.02. The van der Waals surface area contributed by atoms with E-state index in [1.807, 2.05) is 6.92 Å². The normalized spacial score (nSPS) is 57.9. The quantitative estimate of drug-likeness (QED) is 0.436. The third-order valence-electron chi connectivity index (χ3n) is 13.6. The lowest BCUT2D eigenvalue weighted by Gasteiger charge is -2.72. The largest absolute Gasteiger partial charge is 0.481 e. The van der Waals surface area contributed by atoms with Crippen LogP contribution in [0.4, 0.5) is 0 Å². The molecule has 5 aliphatic rings. The monoisotopic (exact) mass is 456 g/mol. The van der Waals surface area contributed by atoms with Gasteiger partial charge in [-0.05, 0) is 129 Å². The van der Waals surface area contributed by atoms with Gasteiger partial charge in [-0.15, -0.1) is 0 Å². The van der Waals surface area contributed by atoms with Gasteiger partial charge in [-0.2, -0.15) is 0 Å². The highest BCUT2D eigenvalue weighted by molar-refractivity contribution is 5.76. The Morgan fingerprint density at radius 2 is 1.52 bits per heavy atom. The zero-order chi connectivity index (χ0) is 24.2. The summed E-state index contributed by atoms with van der Waals surface area (Å²) < 4.78 is 0. The summed E-state index contributed by atoms with van der Waals surface area (Å²) in [7, 11) is 0. The fourth-order valence-electron chi connectivity index (χ4n) is 11.5. The van der Waals surface area contributed by atoms with Crippen LogP contribution in [0, 0.1) is 56.7 Å². The van der Waals surface area contributed by atoms with Crippen molar-refractivity contribution in [3.63, 3.8) is 0 Å². The van der Waals surface area contributed by atoms with E-state index in [1.54, 1.807) is 0 Å². The average Bonchev–Trinajstić information content (AvgIpc) is 3.09. The maximum atomic E-state index is 12.5. The van der Waals surface area contributed by atoms with Crippen LogP contribution in [-0.2, 0) is 4.79 Å². The first-order chi connectivity index (χ1) is 15.3. The zero-order valence-corrected chi connectivity index (χ0v) is 22.0. The lowest BCUT2D eigenvalue weighted by Crippen LogP contribution is -2.67. The van der Waals surface area contributed by atoms with Gasteiger partial charge in [-0.25, -0.2) is 0 Å². The van der Waals surface area contributed by atoms with E-state index in [0.29, 0.717) is 29.1 Å². The highest BCUT2D eigenvalue weighted by Crippen LogP contribution is 2.77. The Morgan fingerprint density at radius 1 is 0.818 bits per heavy atom. The van der Waals surface area contributed by atoms with Gasteiger partial charge in [-0.3, -0.25) is 4.79 Å². The topological polar surface area (TPSA) is 57.5 Å². The van der Waals surface area contributed by atoms with Crippen LogP contribution in [-0.4, -0.2) is 22.3 Å². The van der Waals surface area contributed by atoms with Crippen molar-refractivity contribution in [3.05, 3.63) is 12.2 Å². The molecule has 0 radical (unpaired) electrons. The Kier molecular flexibility index (Phi) is 5.15. The van der Waals surface area contributed by atoms with Gasteiger partial charge in [0.25, 0.3) is 0 Å². The summed E-state index contributed by atoms with van der Waals surface area (Å²) >= 11 is 0. The second-order valence-electron chi connectivity index (χ2n) is 14.5. The molecule has 0 amide bonds. The number of hydrogen-bond donors (Lipinski definition) is 2. The van der Waals surface area contributed by atoms with Crippen LogP contribution in [0.5, 0.6) is 0 Å². The second-order valence-corrected chi connectivity index (χ2v) is 14.5. The first-order valence-corrected chi connectivity index (χ1v) is 13.8. The van der Waals surface area contributed by atoms with E-state index in [4.69, 9.17) is 0 Å². The minimum absolute atomic E-state index is 0.00245. The van der Waals surface area contributed by atoms with E-state index in [-0.39, 0.29) is 16.7 Å². The van der Waals surface area contributed by atoms with Gasteiger partial charge in [0.1, 0.15) is 0 Å². The predicted octanol–water partition coefficient (Wildman–Crippen LogP) is 7.09. The highest BCUT2D eigenvalue weighted by atomic mass is 16.4. The molecule has 0 aromatic heterocycles. The number of carboxylic acids is 1. The van der Waals surface area contributed by atoms with Crippen molar-refractivity contribution in [1.82, 2.24) is 0 Å². The number of fused-ring (bicyclic) bond motifs is 7. The van der Waals surface area contributed by atoms with E-state index in [2.05, 4.69) is 41.2 Å². The Labute approximate surface area is 201 Å². The number of hydrogen-bond acceptors (Lipinski definition) is 2. The molecule has 0 bridgehead atoms. The number of allylic oxidation sites excluding steroid dienone is 1. The fraction of sp³-hybridized carbons (Fsp3) is 0.900. The maximum absolute atomic E-state index is 12.5. The van der Waals surface area contributed by atoms with Crippen molar-refractivity contribution >= 4 is 5.97 Å². The van der Waals surface area contributed by atoms with E-state index < -0.39 is 17.5 Å². The first-order valence-electron chi connectivity index (χ1n) is 13.8. The van der Waals surface area contributed by atoms with Gasteiger partial charge in [0.15, 0.2) is 0 Å². The number of aliphatic hydroxyl groups excluding tert-OH is 1. The molecule has 5 rings (SSSR count). The minimum Gasteiger partial charge on any atom is -0.481 e. The van der Waals surface area contributed by atoms with Crippen LogP contribution >= 0.6 is 0 Å². The van der Waals surface area contributed by atoms with Crippen molar-refractivity contribution in [2.75, 3.05) is 0 Å². The Hall–Kier alpha value is -0.830. The SMILES string of the molecule is C=C(C)[C@@H]1CC[C@]2(C)CC[C@]3(C)[C@H](CC[C@@H]4[C@@]5(C)CC[C@H](O)[C@](C)(C(=O)O)[C@@H]5CC[C@]43C)[C@@H]12. The molecule has 0 saturated heterocycles. The second kappa shape index (κ2) is 7.11. The fourth-order valence-corrected chi connectivity index (χ4v) is 11.5. The van der Waals surface area contributed by atoms with Crippen LogP contribution in [0.1, 0.15) is 106 Å². The van der Waals surface area contributed by atoms with Gasteiger partial charge < -0.3 is 10.2 Å². The molecule has 0 aliphatic heterocycles. The maximum Gasteiger partial charge on any atom is 0.312 e. The van der Waals surface area contributed by atoms with Crippen molar-refractivity contribution < 1.29 is 15.0 Å². The lowest BCUT2D eigenvalue weighted by atomic mass is 9.32. The molecule has 0 spiro atoms. The van der Waals surface area contributed by atoms with Crippen molar-refractivity contribution in [2.24, 2.45) is 56.7 Å². The summed E-state index contributed by atoms with van der Waals surface area (Å²) in [6, 6.07) is 0. The highest BCUT2D eigenvalue weighted by Gasteiger charge is 2.71. The molecule has 0 unspecified atom stereocenters. The van der Waals surface area contributed by atoms with E-state index in [1.165, 1.54) is 44.1 Å². The average molecular weight is 457 g/mol. The molecular weight excluding hydrogens is 408 g/mol. The molecule has 0 aromatic carbocycles. The van der Waals surface area contributed by atoms with Crippen LogP contribution in [0.2, 0.25) is 0 Å². The van der Waals surface area contributed by atoms with Crippen molar-refractivity contribution in [2.45, 2.75) is 112 Å². The van der Waals surface area contributed by atoms with Crippen molar-refractivity contribution in [3.8, 4) is 0 Å². The molecule has 3 heteroatoms. The molecule has 186 valence electrons. The summed E-state index contributed by atoms with van der Waals surface area (Å²) in [5.41, 5.74) is 1.39. The summed E-state index contributed by atoms with van der Waals surface area (Å²) in [6.45, 7) is 18.8. The number of carboxylic acid groups (broad SMARTS) is 1. The van der Waals surface area contributed by atoms with Crippen LogP contribution in [0.15, 0.2) is 12.2 Å². The molecule has 11 atom stereocenters. The zero-order valence-electron chi connectivity index (χ0n) is 22.0. The van der Waals surface area contributed by atoms with Gasteiger partial charge in [0, 0.05) is 0 Å². The van der Waals surface area contributed by atoms with Crippen LogP contribution in [0.3, 0.4) is 0 Å². The molecular formula is C30H48O3. The predicted molar refractivity (Wildman–Crippen MR) is 133 cm³/mol. The molecule has 2 N–H and O–H groups in total. The Bertz CT molecular complexity index is 865. The molecule has 5 saturated carbocycles. The summed E-state index contributed by atoms with van der Waals surface area (Å²) in [4.78, 5) is 12.5. The van der Waals surface area contributed by atoms with E-state index >= 15 is 0 Å². The summed E-state index contributed by atoms with van der Waals surface area (Å²) in [5.74, 6) is 2.00. The molecule has 5 aliphatic carbocycles. The van der Waals surface area contributed by atoms with Crippen molar-refractivity contribution in [1.29, 1.82) is 0 Å². The van der Waals surface area contributed by atoms with E-state index in [0.717, 1.165) is 31.1 Å². The van der Waals surface area contributed by atoms with Gasteiger partial charge >= 0.3 is 5.97 Å². The third-order valence-corrected chi connectivity index (χ3v) is 13.6. The van der Waals surface area contributed by atoms with Gasteiger partial charge in [0.05, 0.1) is 11.5 Å². The number of rotatable bonds is 2. The summed E-state index contributed by atoms with van der Waals surface area (Å²) in [5, 5.41) is 21.1. The number of carbonyl (C=O) groups is 1. The van der Waals surface area contributed by atoms with E-state index in [9.17, 15) is 15.0 Å². The number of aliphatic hydroxyl groups is 1. The first kappa shape index (κ1) is 23.9. The van der Waals surface area contributed by atoms with Crippen LogP contribution < -0.4 is 0 Å². The Morgan fingerprint density at radius 3 is 2.15 bits per heavy atom. The lowest BCUT2D eigenvalue weighted by molar-refractivity contribution is -0.250. The molecule has 0 aromatic rings. The van der Waals surface area contributed by atoms with Gasteiger partial charge in [-0.1, -0.05) is 39.8 Å². The van der Waals surface area contributed by atoms with Gasteiger partial charge in [0.2, 0.25) is 0 Å². The smallest absolute Gasteiger partial charge is 0.312 e. The molecule has 33 heavy (non-hydrogen) atoms. The summed E-state index contributed by atoms with van der Waals surface area (Å²) in [6.07, 6.45) is 10.8. The van der Waals surface area contributed by atoms with Crippen LogP contribution in [0.25, 0.3) is 0 Å². The molecule has 5 fully saturated rings. The Balaban J connectivity index is 1.55. The standard InChI is InChI=1S/C30H48O3/c1-18(2)19-10-13-26(3)16-17-28(5)20(24(19)26)8-9-21-27(4)14-12-23(31)30(7,25(32)33)22(27)11-15-29(21,28)6/h19-24,31H,1,8-17H2,2-7H3,(H,32,33)/t19-,20+,21+,22+,23-,24+,26+,27+,28+,29+,30+/m0/s1. The molecule has 3 nitrogen and oxygen atoms in total. The molecule has 0 heterocycles. The third kappa shape index (κ3) is 2.75.